The molecule has 2 aromatic carbocycles. The maximum Gasteiger partial charge on any atom is 0.308 e. The molecule has 0 fully saturated rings. The van der Waals surface area contributed by atoms with Crippen molar-refractivity contribution in [2.45, 2.75) is 13.3 Å². The monoisotopic (exact) mass is 341 g/mol. The van der Waals surface area contributed by atoms with Crippen molar-refractivity contribution < 1.29 is 29.6 Å². The number of aromatic hydroxyl groups is 3. The minimum atomic E-state index is -1.28. The maximum atomic E-state index is 13.9. The number of nitrogens with one attached hydrogen (secondary N) is 1. The van der Waals surface area contributed by atoms with Crippen LogP contribution in [0.4, 0.5) is 15.8 Å². The van der Waals surface area contributed by atoms with Crippen LogP contribution in [-0.4, -0.2) is 26.4 Å². The highest BCUT2D eigenvalue weighted by atomic mass is 35.5. The average Bonchev–Trinajstić information content (AvgIpc) is 2.48. The van der Waals surface area contributed by atoms with Crippen molar-refractivity contribution in [3.05, 3.63) is 40.2 Å². The number of carbonyl (C=O) groups is 1. The Morgan fingerprint density at radius 1 is 1.17 bits per heavy atom. The van der Waals surface area contributed by atoms with E-state index < -0.39 is 35.5 Å². The van der Waals surface area contributed by atoms with Crippen molar-refractivity contribution in [1.82, 2.24) is 0 Å². The van der Waals surface area contributed by atoms with E-state index in [0.717, 1.165) is 6.07 Å². The fourth-order valence-corrected chi connectivity index (χ4v) is 2.31. The van der Waals surface area contributed by atoms with Gasteiger partial charge in [0.05, 0.1) is 22.8 Å². The van der Waals surface area contributed by atoms with Crippen LogP contribution in [0.2, 0.25) is 5.02 Å². The van der Waals surface area contributed by atoms with Gasteiger partial charge in [-0.15, -0.1) is 0 Å². The van der Waals surface area contributed by atoms with Crippen LogP contribution in [0.25, 0.3) is 0 Å². The molecule has 0 atom stereocenters. The maximum absolute atomic E-state index is 13.9. The Bertz CT molecular complexity index is 774. The van der Waals surface area contributed by atoms with Gasteiger partial charge in [-0.1, -0.05) is 17.7 Å². The van der Waals surface area contributed by atoms with Crippen molar-refractivity contribution in [2.24, 2.45) is 0 Å². The van der Waals surface area contributed by atoms with Gasteiger partial charge in [-0.3, -0.25) is 4.79 Å². The quantitative estimate of drug-likeness (QED) is 0.431. The lowest BCUT2D eigenvalue weighted by Gasteiger charge is -2.18. The lowest BCUT2D eigenvalue weighted by molar-refractivity contribution is -0.136. The van der Waals surface area contributed by atoms with Crippen molar-refractivity contribution in [3.63, 3.8) is 0 Å². The third-order valence-electron chi connectivity index (χ3n) is 3.30. The summed E-state index contributed by atoms with van der Waals surface area (Å²) in [5.41, 5.74) is -0.854. The number of phenols is 3. The SMILES string of the molecule is Cc1c(O)c(O)c(Nc2c(F)cccc2Cl)c(CC(=O)O)c1O. The zero-order valence-electron chi connectivity index (χ0n) is 11.9. The normalized spacial score (nSPS) is 10.6. The minimum absolute atomic E-state index is 0.0229. The molecule has 5 N–H and O–H groups in total. The third-order valence-corrected chi connectivity index (χ3v) is 3.61. The second-order valence-corrected chi connectivity index (χ2v) is 5.22. The lowest BCUT2D eigenvalue weighted by atomic mass is 10.0. The van der Waals surface area contributed by atoms with Gasteiger partial charge in [-0.25, -0.2) is 4.39 Å². The van der Waals surface area contributed by atoms with Gasteiger partial charge in [0.25, 0.3) is 0 Å². The van der Waals surface area contributed by atoms with Crippen LogP contribution < -0.4 is 5.32 Å². The predicted molar refractivity (Wildman–Crippen MR) is 82.2 cm³/mol. The fourth-order valence-electron chi connectivity index (χ4n) is 2.10. The van der Waals surface area contributed by atoms with Crippen molar-refractivity contribution in [3.8, 4) is 17.2 Å². The molecule has 0 spiro atoms. The van der Waals surface area contributed by atoms with Crippen molar-refractivity contribution >= 4 is 28.9 Å². The van der Waals surface area contributed by atoms with E-state index >= 15 is 0 Å². The average molecular weight is 342 g/mol. The summed E-state index contributed by atoms with van der Waals surface area (Å²) >= 11 is 5.88. The summed E-state index contributed by atoms with van der Waals surface area (Å²) in [6, 6.07) is 3.86. The summed E-state index contributed by atoms with van der Waals surface area (Å²) in [7, 11) is 0. The lowest BCUT2D eigenvalue weighted by Crippen LogP contribution is -2.06. The highest BCUT2D eigenvalue weighted by Crippen LogP contribution is 2.47. The van der Waals surface area contributed by atoms with Crippen LogP contribution in [0.15, 0.2) is 18.2 Å². The molecule has 0 unspecified atom stereocenters. The summed E-state index contributed by atoms with van der Waals surface area (Å²) in [5.74, 6) is -3.91. The molecule has 0 aliphatic heterocycles. The summed E-state index contributed by atoms with van der Waals surface area (Å²) in [6.07, 6.45) is -0.658. The second-order valence-electron chi connectivity index (χ2n) is 4.82. The molecular formula is C15H13ClFNO5. The van der Waals surface area contributed by atoms with Gasteiger partial charge in [-0.05, 0) is 19.1 Å². The van der Waals surface area contributed by atoms with Crippen LogP contribution in [-0.2, 0) is 11.2 Å². The zero-order valence-corrected chi connectivity index (χ0v) is 12.6. The standard InChI is InChI=1S/C15H13ClFNO5/c1-6-13(21)7(5-10(19)20)11(15(23)14(6)22)18-12-8(16)3-2-4-9(12)17/h2-4,18,21-23H,5H2,1H3,(H,19,20). The number of carboxylic acids is 1. The number of benzene rings is 2. The molecule has 2 rings (SSSR count). The first kappa shape index (κ1) is 16.7. The van der Waals surface area contributed by atoms with E-state index in [0.29, 0.717) is 0 Å². The van der Waals surface area contributed by atoms with E-state index in [4.69, 9.17) is 16.7 Å². The highest BCUT2D eigenvalue weighted by Gasteiger charge is 2.24. The number of carboxylic acid groups (broad SMARTS) is 1. The van der Waals surface area contributed by atoms with Crippen molar-refractivity contribution in [1.29, 1.82) is 0 Å². The smallest absolute Gasteiger partial charge is 0.308 e. The summed E-state index contributed by atoms with van der Waals surface area (Å²) in [5, 5.41) is 41.3. The molecule has 0 amide bonds. The Kier molecular flexibility index (Phi) is 4.51. The van der Waals surface area contributed by atoms with Gasteiger partial charge in [0.2, 0.25) is 0 Å². The number of rotatable bonds is 4. The van der Waals surface area contributed by atoms with E-state index in [1.165, 1.54) is 19.1 Å². The number of para-hydroxylation sites is 1. The van der Waals surface area contributed by atoms with Crippen LogP contribution in [0, 0.1) is 12.7 Å². The molecule has 0 heterocycles. The van der Waals surface area contributed by atoms with Crippen LogP contribution in [0.3, 0.4) is 0 Å². The molecule has 23 heavy (non-hydrogen) atoms. The molecule has 0 aliphatic carbocycles. The first-order chi connectivity index (χ1) is 10.7. The Morgan fingerprint density at radius 3 is 2.39 bits per heavy atom. The van der Waals surface area contributed by atoms with Crippen LogP contribution >= 0.6 is 11.6 Å². The first-order valence-electron chi connectivity index (χ1n) is 6.43. The van der Waals surface area contributed by atoms with Gasteiger partial charge >= 0.3 is 5.97 Å². The summed E-state index contributed by atoms with van der Waals surface area (Å²) < 4.78 is 13.9. The number of phenolic OH excluding ortho intramolecular Hbond substituents is 3. The Hall–Kier alpha value is -2.67. The van der Waals surface area contributed by atoms with Crippen LogP contribution in [0.1, 0.15) is 11.1 Å². The molecule has 0 aliphatic rings. The Balaban J connectivity index is 2.67. The van der Waals surface area contributed by atoms with E-state index in [2.05, 4.69) is 5.32 Å². The second kappa shape index (κ2) is 6.21. The largest absolute Gasteiger partial charge is 0.507 e. The van der Waals surface area contributed by atoms with Gasteiger partial charge in [0, 0.05) is 11.1 Å². The number of hydrogen-bond acceptors (Lipinski definition) is 5. The number of halogens is 2. The van der Waals surface area contributed by atoms with E-state index in [1.807, 2.05) is 0 Å². The highest BCUT2D eigenvalue weighted by molar-refractivity contribution is 6.33. The van der Waals surface area contributed by atoms with Gasteiger partial charge in [0.1, 0.15) is 11.6 Å². The number of hydrogen-bond donors (Lipinski definition) is 5. The zero-order chi connectivity index (χ0) is 17.3. The third kappa shape index (κ3) is 3.09. The molecule has 8 heteroatoms. The predicted octanol–water partition coefficient (Wildman–Crippen LogP) is 3.28. The molecule has 122 valence electrons. The topological polar surface area (TPSA) is 110 Å². The molecule has 0 radical (unpaired) electrons. The molecule has 2 aromatic rings. The minimum Gasteiger partial charge on any atom is -0.507 e. The molecule has 0 saturated heterocycles. The molecule has 0 bridgehead atoms. The first-order valence-corrected chi connectivity index (χ1v) is 6.81. The van der Waals surface area contributed by atoms with E-state index in [-0.39, 0.29) is 27.5 Å². The van der Waals surface area contributed by atoms with Gasteiger partial charge < -0.3 is 25.7 Å². The molecule has 6 nitrogen and oxygen atoms in total. The van der Waals surface area contributed by atoms with E-state index in [1.54, 1.807) is 0 Å². The summed E-state index contributed by atoms with van der Waals surface area (Å²) in [4.78, 5) is 11.0. The number of aliphatic carboxylic acids is 1. The Labute approximate surface area is 135 Å². The molecule has 0 saturated carbocycles. The molecule has 0 aromatic heterocycles. The van der Waals surface area contributed by atoms with Crippen molar-refractivity contribution in [2.75, 3.05) is 5.32 Å². The van der Waals surface area contributed by atoms with E-state index in [9.17, 15) is 24.5 Å². The number of anilines is 2. The van der Waals surface area contributed by atoms with Gasteiger partial charge in [-0.2, -0.15) is 0 Å². The Morgan fingerprint density at radius 2 is 1.83 bits per heavy atom. The van der Waals surface area contributed by atoms with Crippen LogP contribution in [0.5, 0.6) is 17.2 Å². The molecular weight excluding hydrogens is 329 g/mol. The van der Waals surface area contributed by atoms with Gasteiger partial charge in [0.15, 0.2) is 11.5 Å². The summed E-state index contributed by atoms with van der Waals surface area (Å²) in [6.45, 7) is 1.30. The fraction of sp³-hybridized carbons (Fsp3) is 0.133.